The van der Waals surface area contributed by atoms with E-state index in [4.69, 9.17) is 11.6 Å². The summed E-state index contributed by atoms with van der Waals surface area (Å²) in [5.41, 5.74) is 1.47. The Hall–Kier alpha value is -0.0900. The number of benzene rings is 1. The molecule has 1 aromatic rings. The molecule has 4 heteroatoms. The Morgan fingerprint density at radius 1 is 1.29 bits per heavy atom. The smallest absolute Gasteiger partial charge is 0.0464 e. The number of halogens is 2. The molecule has 0 radical (unpaired) electrons. The van der Waals surface area contributed by atoms with Gasteiger partial charge < -0.3 is 10.2 Å². The Kier molecular flexibility index (Phi) is 6.13. The highest BCUT2D eigenvalue weighted by atomic mass is 79.9. The molecule has 1 aromatic carbocycles. The van der Waals surface area contributed by atoms with Crippen molar-refractivity contribution in [1.82, 2.24) is 10.2 Å². The molecular weight excluding hydrogens is 348 g/mol. The van der Waals surface area contributed by atoms with E-state index in [-0.39, 0.29) is 6.04 Å². The lowest BCUT2D eigenvalue weighted by molar-refractivity contribution is 0.0958. The van der Waals surface area contributed by atoms with Gasteiger partial charge in [0.05, 0.1) is 0 Å². The van der Waals surface area contributed by atoms with Crippen LogP contribution in [0.1, 0.15) is 50.6 Å². The second-order valence-corrected chi connectivity index (χ2v) is 7.77. The molecule has 1 atom stereocenters. The van der Waals surface area contributed by atoms with Crippen molar-refractivity contribution in [2.75, 3.05) is 20.6 Å². The van der Waals surface area contributed by atoms with Gasteiger partial charge in [-0.25, -0.2) is 0 Å². The van der Waals surface area contributed by atoms with Crippen molar-refractivity contribution in [1.29, 1.82) is 0 Å². The van der Waals surface area contributed by atoms with Crippen LogP contribution in [0.5, 0.6) is 0 Å². The van der Waals surface area contributed by atoms with Gasteiger partial charge in [-0.3, -0.25) is 0 Å². The maximum atomic E-state index is 6.36. The van der Waals surface area contributed by atoms with Gasteiger partial charge in [0.2, 0.25) is 0 Å². The summed E-state index contributed by atoms with van der Waals surface area (Å²) in [7, 11) is 4.43. The normalized spacial score (nSPS) is 19.7. The molecule has 1 saturated carbocycles. The Morgan fingerprint density at radius 3 is 2.52 bits per heavy atom. The van der Waals surface area contributed by atoms with E-state index >= 15 is 0 Å². The number of hydrogen-bond donors (Lipinski definition) is 1. The van der Waals surface area contributed by atoms with Gasteiger partial charge in [-0.05, 0) is 51.6 Å². The second-order valence-electron chi connectivity index (χ2n) is 6.45. The second kappa shape index (κ2) is 7.45. The van der Waals surface area contributed by atoms with Crippen LogP contribution in [0.15, 0.2) is 22.7 Å². The Morgan fingerprint density at radius 2 is 1.95 bits per heavy atom. The highest BCUT2D eigenvalue weighted by Gasteiger charge is 2.34. The highest BCUT2D eigenvalue weighted by molar-refractivity contribution is 9.10. The lowest BCUT2D eigenvalue weighted by atomic mass is 9.80. The van der Waals surface area contributed by atoms with Crippen LogP contribution in [0, 0.1) is 0 Å². The molecule has 0 aromatic heterocycles. The minimum absolute atomic E-state index is 0.268. The van der Waals surface area contributed by atoms with Gasteiger partial charge in [-0.2, -0.15) is 0 Å². The number of nitrogens with zero attached hydrogens (tertiary/aromatic N) is 1. The van der Waals surface area contributed by atoms with E-state index in [1.54, 1.807) is 0 Å². The summed E-state index contributed by atoms with van der Waals surface area (Å²) < 4.78 is 1.03. The fourth-order valence-electron chi connectivity index (χ4n) is 3.30. The molecule has 2 nitrogen and oxygen atoms in total. The summed E-state index contributed by atoms with van der Waals surface area (Å²) in [5.74, 6) is 0. The third-order valence-electron chi connectivity index (χ3n) is 4.90. The van der Waals surface area contributed by atoms with Crippen molar-refractivity contribution in [3.8, 4) is 0 Å². The van der Waals surface area contributed by atoms with Crippen LogP contribution in [-0.4, -0.2) is 31.1 Å². The van der Waals surface area contributed by atoms with E-state index in [1.807, 2.05) is 6.07 Å². The number of nitrogens with one attached hydrogen (secondary N) is 1. The third kappa shape index (κ3) is 4.22. The summed E-state index contributed by atoms with van der Waals surface area (Å²) in [6.07, 6.45) is 6.63. The topological polar surface area (TPSA) is 15.3 Å². The third-order valence-corrected chi connectivity index (χ3v) is 5.72. The molecule has 2 rings (SSSR count). The van der Waals surface area contributed by atoms with Gasteiger partial charge in [0, 0.05) is 27.6 Å². The molecular formula is C17H26BrClN2. The summed E-state index contributed by atoms with van der Waals surface area (Å²) >= 11 is 9.83. The number of rotatable bonds is 5. The van der Waals surface area contributed by atoms with E-state index in [9.17, 15) is 0 Å². The van der Waals surface area contributed by atoms with Gasteiger partial charge in [0.1, 0.15) is 0 Å². The van der Waals surface area contributed by atoms with Crippen molar-refractivity contribution >= 4 is 27.5 Å². The minimum Gasteiger partial charge on any atom is -0.308 e. The Balaban J connectivity index is 2.03. The first-order valence-electron chi connectivity index (χ1n) is 7.80. The number of likely N-dealkylation sites (N-methyl/N-ethyl adjacent to an activating group) is 1. The molecule has 0 saturated heterocycles. The zero-order valence-corrected chi connectivity index (χ0v) is 15.6. The van der Waals surface area contributed by atoms with Gasteiger partial charge >= 0.3 is 0 Å². The van der Waals surface area contributed by atoms with Crippen molar-refractivity contribution in [2.24, 2.45) is 0 Å². The van der Waals surface area contributed by atoms with E-state index in [0.717, 1.165) is 16.0 Å². The number of hydrogen-bond acceptors (Lipinski definition) is 2. The van der Waals surface area contributed by atoms with Crippen LogP contribution in [0.4, 0.5) is 0 Å². The fraction of sp³-hybridized carbons (Fsp3) is 0.647. The first kappa shape index (κ1) is 17.3. The lowest BCUT2D eigenvalue weighted by Gasteiger charge is -2.44. The molecule has 0 heterocycles. The van der Waals surface area contributed by atoms with Crippen LogP contribution in [0.2, 0.25) is 5.02 Å². The van der Waals surface area contributed by atoms with Crippen LogP contribution in [0.3, 0.4) is 0 Å². The SMILES string of the molecule is CC(NCC1(N(C)C)CCCCC1)c1ccc(Br)cc1Cl. The molecule has 0 spiro atoms. The predicted molar refractivity (Wildman–Crippen MR) is 95.1 cm³/mol. The first-order valence-corrected chi connectivity index (χ1v) is 8.97. The first-order chi connectivity index (χ1) is 9.94. The van der Waals surface area contributed by atoms with Gasteiger partial charge in [0.25, 0.3) is 0 Å². The van der Waals surface area contributed by atoms with Crippen LogP contribution < -0.4 is 5.32 Å². The summed E-state index contributed by atoms with van der Waals surface area (Å²) in [5, 5.41) is 4.54. The van der Waals surface area contributed by atoms with Crippen molar-refractivity contribution in [2.45, 2.75) is 50.6 Å². The quantitative estimate of drug-likeness (QED) is 0.779. The predicted octanol–water partition coefficient (Wildman–Crippen LogP) is 5.02. The molecule has 1 fully saturated rings. The Labute approximate surface area is 142 Å². The fourth-order valence-corrected chi connectivity index (χ4v) is 4.13. The molecule has 0 bridgehead atoms. The molecule has 1 unspecified atom stereocenters. The molecule has 21 heavy (non-hydrogen) atoms. The summed E-state index contributed by atoms with van der Waals surface area (Å²) in [6.45, 7) is 3.22. The molecule has 1 N–H and O–H groups in total. The van der Waals surface area contributed by atoms with E-state index in [0.29, 0.717) is 5.54 Å². The average Bonchev–Trinajstić information content (AvgIpc) is 2.45. The molecule has 1 aliphatic rings. The van der Waals surface area contributed by atoms with Crippen LogP contribution in [0.25, 0.3) is 0 Å². The van der Waals surface area contributed by atoms with Crippen LogP contribution >= 0.6 is 27.5 Å². The molecule has 0 aliphatic heterocycles. The zero-order valence-electron chi connectivity index (χ0n) is 13.3. The zero-order chi connectivity index (χ0) is 15.5. The van der Waals surface area contributed by atoms with Crippen molar-refractivity contribution in [3.63, 3.8) is 0 Å². The minimum atomic E-state index is 0.268. The van der Waals surface area contributed by atoms with Gasteiger partial charge in [-0.15, -0.1) is 0 Å². The molecule has 1 aliphatic carbocycles. The van der Waals surface area contributed by atoms with Crippen molar-refractivity contribution in [3.05, 3.63) is 33.3 Å². The summed E-state index contributed by atoms with van der Waals surface area (Å²) in [6, 6.07) is 6.40. The van der Waals surface area contributed by atoms with Crippen LogP contribution in [-0.2, 0) is 0 Å². The van der Waals surface area contributed by atoms with Gasteiger partial charge in [0.15, 0.2) is 0 Å². The van der Waals surface area contributed by atoms with Gasteiger partial charge in [-0.1, -0.05) is 52.9 Å². The molecule has 118 valence electrons. The van der Waals surface area contributed by atoms with E-state index in [2.05, 4.69) is 59.3 Å². The lowest BCUT2D eigenvalue weighted by Crippen LogP contribution is -2.53. The average molecular weight is 374 g/mol. The molecule has 0 amide bonds. The maximum absolute atomic E-state index is 6.36. The Bertz CT molecular complexity index is 470. The highest BCUT2D eigenvalue weighted by Crippen LogP contribution is 2.33. The largest absolute Gasteiger partial charge is 0.308 e. The monoisotopic (exact) mass is 372 g/mol. The summed E-state index contributed by atoms with van der Waals surface area (Å²) in [4.78, 5) is 2.41. The van der Waals surface area contributed by atoms with E-state index in [1.165, 1.54) is 37.7 Å². The van der Waals surface area contributed by atoms with Crippen molar-refractivity contribution < 1.29 is 0 Å². The van der Waals surface area contributed by atoms with E-state index < -0.39 is 0 Å². The maximum Gasteiger partial charge on any atom is 0.0464 e. The standard InChI is InChI=1S/C17H26BrClN2/c1-13(15-8-7-14(18)11-16(15)19)20-12-17(21(2)3)9-5-4-6-10-17/h7-8,11,13,20H,4-6,9-10,12H2,1-3H3.